The summed E-state index contributed by atoms with van der Waals surface area (Å²) in [5, 5.41) is 0. The van der Waals surface area contributed by atoms with E-state index in [9.17, 15) is 9.59 Å². The summed E-state index contributed by atoms with van der Waals surface area (Å²) in [5.74, 6) is -0.415. The number of aryl methyl sites for hydroxylation is 1. The lowest BCUT2D eigenvalue weighted by atomic mass is 10.0. The van der Waals surface area contributed by atoms with E-state index in [1.165, 1.54) is 7.11 Å². The molecule has 0 saturated carbocycles. The standard InChI is InChI=1S/C21H18N2O3/c1-14-4-3-5-18(23-14)20(24)13-15-10-11-22-19(12-15)16-6-8-17(9-7-16)21(25)26-2/h3-12H,13H2,1-2H3. The molecule has 0 bridgehead atoms. The number of hydrogen-bond donors (Lipinski definition) is 0. The van der Waals surface area contributed by atoms with Gasteiger partial charge in [-0.2, -0.15) is 0 Å². The van der Waals surface area contributed by atoms with Crippen LogP contribution in [0.3, 0.4) is 0 Å². The van der Waals surface area contributed by atoms with Gasteiger partial charge >= 0.3 is 5.97 Å². The van der Waals surface area contributed by atoms with Crippen LogP contribution in [0.2, 0.25) is 0 Å². The smallest absolute Gasteiger partial charge is 0.337 e. The van der Waals surface area contributed by atoms with Gasteiger partial charge in [0.2, 0.25) is 0 Å². The highest BCUT2D eigenvalue weighted by Crippen LogP contribution is 2.19. The van der Waals surface area contributed by atoms with E-state index in [0.29, 0.717) is 11.3 Å². The zero-order valence-corrected chi connectivity index (χ0v) is 14.6. The summed E-state index contributed by atoms with van der Waals surface area (Å²) < 4.78 is 4.70. The molecule has 0 unspecified atom stereocenters. The molecule has 26 heavy (non-hydrogen) atoms. The maximum absolute atomic E-state index is 12.4. The molecule has 5 heteroatoms. The van der Waals surface area contributed by atoms with E-state index in [1.54, 1.807) is 24.4 Å². The first-order chi connectivity index (χ1) is 12.6. The molecule has 0 aliphatic heterocycles. The average Bonchev–Trinajstić information content (AvgIpc) is 2.67. The number of aromatic nitrogens is 2. The molecule has 0 fully saturated rings. The summed E-state index contributed by atoms with van der Waals surface area (Å²) >= 11 is 0. The summed E-state index contributed by atoms with van der Waals surface area (Å²) in [4.78, 5) is 32.6. The molecule has 0 N–H and O–H groups in total. The number of benzene rings is 1. The number of carbonyl (C=O) groups is 2. The molecule has 0 atom stereocenters. The van der Waals surface area contributed by atoms with E-state index in [-0.39, 0.29) is 18.2 Å². The van der Waals surface area contributed by atoms with Gasteiger partial charge in [-0.1, -0.05) is 18.2 Å². The van der Waals surface area contributed by atoms with Crippen LogP contribution in [-0.4, -0.2) is 28.8 Å². The van der Waals surface area contributed by atoms with Crippen LogP contribution < -0.4 is 0 Å². The monoisotopic (exact) mass is 346 g/mol. The van der Waals surface area contributed by atoms with Crippen molar-refractivity contribution in [2.24, 2.45) is 0 Å². The van der Waals surface area contributed by atoms with Crippen molar-refractivity contribution in [3.8, 4) is 11.3 Å². The lowest BCUT2D eigenvalue weighted by molar-refractivity contribution is 0.0600. The van der Waals surface area contributed by atoms with E-state index in [2.05, 4.69) is 9.97 Å². The maximum atomic E-state index is 12.4. The van der Waals surface area contributed by atoms with Gasteiger partial charge in [-0.15, -0.1) is 0 Å². The van der Waals surface area contributed by atoms with Gasteiger partial charge in [-0.25, -0.2) is 4.79 Å². The summed E-state index contributed by atoms with van der Waals surface area (Å²) in [6.07, 6.45) is 1.93. The van der Waals surface area contributed by atoms with Crippen molar-refractivity contribution in [1.82, 2.24) is 9.97 Å². The second-order valence-electron chi connectivity index (χ2n) is 5.88. The van der Waals surface area contributed by atoms with Crippen molar-refractivity contribution in [3.05, 3.63) is 83.3 Å². The van der Waals surface area contributed by atoms with E-state index in [0.717, 1.165) is 22.5 Å². The first-order valence-corrected chi connectivity index (χ1v) is 8.17. The van der Waals surface area contributed by atoms with E-state index in [4.69, 9.17) is 4.74 Å². The highest BCUT2D eigenvalue weighted by Gasteiger charge is 2.11. The van der Waals surface area contributed by atoms with Gasteiger partial charge in [-0.05, 0) is 48.9 Å². The normalized spacial score (nSPS) is 10.4. The van der Waals surface area contributed by atoms with Crippen molar-refractivity contribution in [2.45, 2.75) is 13.3 Å². The Balaban J connectivity index is 1.80. The fourth-order valence-corrected chi connectivity index (χ4v) is 2.61. The van der Waals surface area contributed by atoms with Crippen molar-refractivity contribution in [2.75, 3.05) is 7.11 Å². The number of esters is 1. The molecular weight excluding hydrogens is 328 g/mol. The predicted molar refractivity (Wildman–Crippen MR) is 98.0 cm³/mol. The quantitative estimate of drug-likeness (QED) is 0.521. The number of pyridine rings is 2. The number of Topliss-reactive ketones (excluding diaryl/α,β-unsaturated/α-hetero) is 1. The van der Waals surface area contributed by atoms with E-state index in [1.807, 2.05) is 43.3 Å². The molecule has 2 heterocycles. The Morgan fingerprint density at radius 3 is 2.50 bits per heavy atom. The van der Waals surface area contributed by atoms with Crippen LogP contribution in [0.5, 0.6) is 0 Å². The topological polar surface area (TPSA) is 69.2 Å². The van der Waals surface area contributed by atoms with E-state index < -0.39 is 0 Å². The number of hydrogen-bond acceptors (Lipinski definition) is 5. The second kappa shape index (κ2) is 7.70. The summed E-state index contributed by atoms with van der Waals surface area (Å²) in [5.41, 5.74) is 4.22. The Morgan fingerprint density at radius 2 is 1.81 bits per heavy atom. The SMILES string of the molecule is COC(=O)c1ccc(-c2cc(CC(=O)c3cccc(C)n3)ccn2)cc1. The van der Waals surface area contributed by atoms with Crippen LogP contribution >= 0.6 is 0 Å². The summed E-state index contributed by atoms with van der Waals surface area (Å²) in [6, 6.07) is 16.1. The highest BCUT2D eigenvalue weighted by molar-refractivity contribution is 5.96. The molecule has 1 aromatic carbocycles. The zero-order valence-electron chi connectivity index (χ0n) is 14.6. The Morgan fingerprint density at radius 1 is 1.04 bits per heavy atom. The fourth-order valence-electron chi connectivity index (χ4n) is 2.61. The number of carbonyl (C=O) groups excluding carboxylic acids is 2. The summed E-state index contributed by atoms with van der Waals surface area (Å²) in [6.45, 7) is 1.86. The van der Waals surface area contributed by atoms with Crippen LogP contribution in [0.4, 0.5) is 0 Å². The van der Waals surface area contributed by atoms with Crippen LogP contribution in [-0.2, 0) is 11.2 Å². The van der Waals surface area contributed by atoms with Crippen LogP contribution in [0.15, 0.2) is 60.8 Å². The predicted octanol–water partition coefficient (Wildman–Crippen LogP) is 3.66. The minimum atomic E-state index is -0.380. The number of ketones is 1. The van der Waals surface area contributed by atoms with Gasteiger partial charge in [-0.3, -0.25) is 14.8 Å². The summed E-state index contributed by atoms with van der Waals surface area (Å²) in [7, 11) is 1.35. The number of ether oxygens (including phenoxy) is 1. The lowest BCUT2D eigenvalue weighted by Crippen LogP contribution is -2.07. The number of nitrogens with zero attached hydrogens (tertiary/aromatic N) is 2. The third kappa shape index (κ3) is 4.00. The molecule has 0 aliphatic rings. The van der Waals surface area contributed by atoms with Crippen molar-refractivity contribution >= 4 is 11.8 Å². The zero-order chi connectivity index (χ0) is 18.5. The molecule has 0 spiro atoms. The first-order valence-electron chi connectivity index (χ1n) is 8.17. The van der Waals surface area contributed by atoms with Crippen molar-refractivity contribution < 1.29 is 14.3 Å². The minimum absolute atomic E-state index is 0.0353. The van der Waals surface area contributed by atoms with Gasteiger partial charge in [0.15, 0.2) is 5.78 Å². The lowest BCUT2D eigenvalue weighted by Gasteiger charge is -2.06. The van der Waals surface area contributed by atoms with Gasteiger partial charge in [0.05, 0.1) is 18.4 Å². The molecule has 5 nitrogen and oxygen atoms in total. The Bertz CT molecular complexity index is 949. The molecule has 130 valence electrons. The number of rotatable bonds is 5. The Hall–Kier alpha value is -3.34. The van der Waals surface area contributed by atoms with Gasteiger partial charge < -0.3 is 4.74 Å². The highest BCUT2D eigenvalue weighted by atomic mass is 16.5. The molecule has 0 aliphatic carbocycles. The second-order valence-corrected chi connectivity index (χ2v) is 5.88. The van der Waals surface area contributed by atoms with Gasteiger partial charge in [0.1, 0.15) is 5.69 Å². The molecule has 3 aromatic rings. The average molecular weight is 346 g/mol. The molecule has 3 rings (SSSR count). The largest absolute Gasteiger partial charge is 0.465 e. The maximum Gasteiger partial charge on any atom is 0.337 e. The van der Waals surface area contributed by atoms with Crippen molar-refractivity contribution in [3.63, 3.8) is 0 Å². The molecule has 2 aromatic heterocycles. The third-order valence-corrected chi connectivity index (χ3v) is 3.96. The van der Waals surface area contributed by atoms with E-state index >= 15 is 0 Å². The Kier molecular flexibility index (Phi) is 5.17. The minimum Gasteiger partial charge on any atom is -0.465 e. The van der Waals surface area contributed by atoms with Crippen LogP contribution in [0, 0.1) is 6.92 Å². The molecular formula is C21H18N2O3. The molecule has 0 saturated heterocycles. The third-order valence-electron chi connectivity index (χ3n) is 3.96. The van der Waals surface area contributed by atoms with Crippen LogP contribution in [0.1, 0.15) is 32.1 Å². The fraction of sp³-hybridized carbons (Fsp3) is 0.143. The van der Waals surface area contributed by atoms with Gasteiger partial charge in [0, 0.05) is 23.9 Å². The number of methoxy groups -OCH3 is 1. The van der Waals surface area contributed by atoms with Gasteiger partial charge in [0.25, 0.3) is 0 Å². The Labute approximate surface area is 151 Å². The van der Waals surface area contributed by atoms with Crippen molar-refractivity contribution in [1.29, 1.82) is 0 Å². The molecule has 0 amide bonds. The first kappa shape index (κ1) is 17.5. The molecule has 0 radical (unpaired) electrons. The van der Waals surface area contributed by atoms with Crippen LogP contribution in [0.25, 0.3) is 11.3 Å².